The van der Waals surface area contributed by atoms with Gasteiger partial charge in [-0.05, 0) is 47.9 Å². The number of hydrogen-bond acceptors (Lipinski definition) is 4. The van der Waals surface area contributed by atoms with Crippen molar-refractivity contribution in [1.82, 2.24) is 0 Å². The molecule has 0 aliphatic heterocycles. The van der Waals surface area contributed by atoms with Crippen molar-refractivity contribution >= 4 is 25.7 Å². The van der Waals surface area contributed by atoms with Gasteiger partial charge in [0.1, 0.15) is 0 Å². The molecule has 0 radical (unpaired) electrons. The topological polar surface area (TPSA) is 106 Å². The number of sulfonamides is 2. The van der Waals surface area contributed by atoms with Gasteiger partial charge in [0.2, 0.25) is 10.0 Å². The molecular weight excluding hydrogens is 336 g/mol. The first-order chi connectivity index (χ1) is 10.6. The standard InChI is InChI=1S/C15H18N2O4S2/c1-11(2)12-3-5-13(6-4-12)17-23(20,21)15-9-7-14(8-10-15)22(16,18)19/h3-11,17H,1-2H3,(H2,16,18,19). The highest BCUT2D eigenvalue weighted by molar-refractivity contribution is 7.92. The van der Waals surface area contributed by atoms with Crippen LogP contribution in [-0.4, -0.2) is 16.8 Å². The normalized spacial score (nSPS) is 12.3. The predicted molar refractivity (Wildman–Crippen MR) is 89.2 cm³/mol. The molecule has 6 nitrogen and oxygen atoms in total. The minimum atomic E-state index is -3.85. The molecular formula is C15H18N2O4S2. The van der Waals surface area contributed by atoms with Crippen LogP contribution in [0.1, 0.15) is 25.3 Å². The van der Waals surface area contributed by atoms with Gasteiger partial charge in [-0.2, -0.15) is 0 Å². The van der Waals surface area contributed by atoms with Crippen LogP contribution in [0.15, 0.2) is 58.3 Å². The van der Waals surface area contributed by atoms with Crippen LogP contribution < -0.4 is 9.86 Å². The molecule has 0 aromatic heterocycles. The van der Waals surface area contributed by atoms with Crippen LogP contribution in [0.5, 0.6) is 0 Å². The van der Waals surface area contributed by atoms with E-state index in [1.807, 2.05) is 26.0 Å². The Labute approximate surface area is 136 Å². The Kier molecular flexibility index (Phi) is 4.79. The second-order valence-electron chi connectivity index (χ2n) is 5.40. The third-order valence-corrected chi connectivity index (χ3v) is 5.62. The predicted octanol–water partition coefficient (Wildman–Crippen LogP) is 2.26. The number of hydrogen-bond donors (Lipinski definition) is 2. The molecule has 0 aliphatic rings. The molecule has 0 fully saturated rings. The fourth-order valence-electron chi connectivity index (χ4n) is 1.96. The Bertz CT molecular complexity index is 885. The zero-order chi connectivity index (χ0) is 17.3. The fourth-order valence-corrected chi connectivity index (χ4v) is 3.53. The van der Waals surface area contributed by atoms with Crippen LogP contribution in [0.2, 0.25) is 0 Å². The lowest BCUT2D eigenvalue weighted by molar-refractivity contribution is 0.595. The fraction of sp³-hybridized carbons (Fsp3) is 0.200. The van der Waals surface area contributed by atoms with E-state index in [0.29, 0.717) is 11.6 Å². The van der Waals surface area contributed by atoms with Crippen molar-refractivity contribution in [2.45, 2.75) is 29.6 Å². The third-order valence-electron chi connectivity index (χ3n) is 3.29. The highest BCUT2D eigenvalue weighted by Crippen LogP contribution is 2.20. The van der Waals surface area contributed by atoms with E-state index in [2.05, 4.69) is 4.72 Å². The largest absolute Gasteiger partial charge is 0.280 e. The lowest BCUT2D eigenvalue weighted by Gasteiger charge is -2.10. The van der Waals surface area contributed by atoms with E-state index in [-0.39, 0.29) is 9.79 Å². The van der Waals surface area contributed by atoms with Gasteiger partial charge in [-0.3, -0.25) is 4.72 Å². The molecule has 2 rings (SSSR count). The summed E-state index contributed by atoms with van der Waals surface area (Å²) in [6.07, 6.45) is 0. The lowest BCUT2D eigenvalue weighted by Crippen LogP contribution is -2.15. The van der Waals surface area contributed by atoms with Gasteiger partial charge < -0.3 is 0 Å². The van der Waals surface area contributed by atoms with Gasteiger partial charge in [0.25, 0.3) is 10.0 Å². The van der Waals surface area contributed by atoms with Gasteiger partial charge in [-0.1, -0.05) is 26.0 Å². The first-order valence-corrected chi connectivity index (χ1v) is 9.88. The minimum absolute atomic E-state index is 0.0437. The summed E-state index contributed by atoms with van der Waals surface area (Å²) in [6, 6.07) is 11.8. The van der Waals surface area contributed by atoms with Crippen molar-refractivity contribution in [2.24, 2.45) is 5.14 Å². The van der Waals surface area contributed by atoms with Crippen molar-refractivity contribution in [3.63, 3.8) is 0 Å². The van der Waals surface area contributed by atoms with Crippen molar-refractivity contribution in [2.75, 3.05) is 4.72 Å². The second kappa shape index (κ2) is 6.31. The first kappa shape index (κ1) is 17.5. The Morgan fingerprint density at radius 1 is 0.826 bits per heavy atom. The van der Waals surface area contributed by atoms with Gasteiger partial charge in [-0.25, -0.2) is 22.0 Å². The van der Waals surface area contributed by atoms with E-state index in [4.69, 9.17) is 5.14 Å². The number of nitrogens with two attached hydrogens (primary N) is 1. The molecule has 3 N–H and O–H groups in total. The molecule has 124 valence electrons. The third kappa shape index (κ3) is 4.31. The summed E-state index contributed by atoms with van der Waals surface area (Å²) in [6.45, 7) is 4.10. The van der Waals surface area contributed by atoms with Crippen LogP contribution >= 0.6 is 0 Å². The molecule has 0 amide bonds. The summed E-state index contributed by atoms with van der Waals surface area (Å²) >= 11 is 0. The molecule has 23 heavy (non-hydrogen) atoms. The van der Waals surface area contributed by atoms with Gasteiger partial charge in [0.15, 0.2) is 0 Å². The number of primary sulfonamides is 1. The molecule has 0 atom stereocenters. The van der Waals surface area contributed by atoms with Gasteiger partial charge in [0, 0.05) is 5.69 Å². The molecule has 2 aromatic rings. The number of nitrogens with one attached hydrogen (secondary N) is 1. The number of benzene rings is 2. The quantitative estimate of drug-likeness (QED) is 0.859. The second-order valence-corrected chi connectivity index (χ2v) is 8.64. The molecule has 0 saturated heterocycles. The van der Waals surface area contributed by atoms with Gasteiger partial charge >= 0.3 is 0 Å². The molecule has 0 unspecified atom stereocenters. The molecule has 0 spiro atoms. The SMILES string of the molecule is CC(C)c1ccc(NS(=O)(=O)c2ccc(S(N)(=O)=O)cc2)cc1. The molecule has 0 heterocycles. The number of anilines is 1. The van der Waals surface area contributed by atoms with Crippen LogP contribution in [-0.2, 0) is 20.0 Å². The monoisotopic (exact) mass is 354 g/mol. The molecule has 0 aliphatic carbocycles. The van der Waals surface area contributed by atoms with Crippen LogP contribution in [0.4, 0.5) is 5.69 Å². The van der Waals surface area contributed by atoms with Crippen molar-refractivity contribution in [1.29, 1.82) is 0 Å². The maximum absolute atomic E-state index is 12.3. The van der Waals surface area contributed by atoms with E-state index in [0.717, 1.165) is 17.7 Å². The Hall–Kier alpha value is -1.90. The van der Waals surface area contributed by atoms with Gasteiger partial charge in [-0.15, -0.1) is 0 Å². The van der Waals surface area contributed by atoms with Crippen molar-refractivity contribution in [3.05, 3.63) is 54.1 Å². The summed E-state index contributed by atoms with van der Waals surface area (Å²) in [5.74, 6) is 0.353. The highest BCUT2D eigenvalue weighted by Gasteiger charge is 2.16. The summed E-state index contributed by atoms with van der Waals surface area (Å²) in [4.78, 5) is -0.185. The van der Waals surface area contributed by atoms with E-state index < -0.39 is 20.0 Å². The maximum atomic E-state index is 12.3. The molecule has 2 aromatic carbocycles. The van der Waals surface area contributed by atoms with E-state index in [1.54, 1.807) is 12.1 Å². The van der Waals surface area contributed by atoms with Crippen LogP contribution in [0, 0.1) is 0 Å². The van der Waals surface area contributed by atoms with E-state index in [1.165, 1.54) is 12.1 Å². The summed E-state index contributed by atoms with van der Waals surface area (Å²) < 4.78 is 49.4. The van der Waals surface area contributed by atoms with Crippen LogP contribution in [0.3, 0.4) is 0 Å². The molecule has 8 heteroatoms. The summed E-state index contributed by atoms with van der Waals surface area (Å²) in [5, 5.41) is 4.99. The Balaban J connectivity index is 2.25. The van der Waals surface area contributed by atoms with Gasteiger partial charge in [0.05, 0.1) is 9.79 Å². The number of rotatable bonds is 5. The average molecular weight is 354 g/mol. The highest BCUT2D eigenvalue weighted by atomic mass is 32.2. The van der Waals surface area contributed by atoms with Crippen LogP contribution in [0.25, 0.3) is 0 Å². The Morgan fingerprint density at radius 3 is 1.74 bits per heavy atom. The molecule has 0 bridgehead atoms. The summed E-state index contributed by atoms with van der Waals surface area (Å²) in [5.41, 5.74) is 1.54. The first-order valence-electron chi connectivity index (χ1n) is 6.85. The molecule has 0 saturated carbocycles. The lowest BCUT2D eigenvalue weighted by atomic mass is 10.0. The minimum Gasteiger partial charge on any atom is -0.280 e. The van der Waals surface area contributed by atoms with Crippen molar-refractivity contribution in [3.8, 4) is 0 Å². The maximum Gasteiger partial charge on any atom is 0.261 e. The smallest absolute Gasteiger partial charge is 0.261 e. The Morgan fingerprint density at radius 2 is 1.30 bits per heavy atom. The zero-order valence-electron chi connectivity index (χ0n) is 12.7. The van der Waals surface area contributed by atoms with Crippen molar-refractivity contribution < 1.29 is 16.8 Å². The summed E-state index contributed by atoms with van der Waals surface area (Å²) in [7, 11) is -7.65. The average Bonchev–Trinajstić information content (AvgIpc) is 2.46. The zero-order valence-corrected chi connectivity index (χ0v) is 14.4. The van der Waals surface area contributed by atoms with E-state index in [9.17, 15) is 16.8 Å². The van der Waals surface area contributed by atoms with E-state index >= 15 is 0 Å².